The highest BCUT2D eigenvalue weighted by molar-refractivity contribution is 9.10. The Bertz CT molecular complexity index is 649. The number of halogens is 1. The Morgan fingerprint density at radius 2 is 1.95 bits per heavy atom. The number of nitrogens with zero attached hydrogens (tertiary/aromatic N) is 1. The molecule has 2 rings (SSSR count). The van der Waals surface area contributed by atoms with Gasteiger partial charge in [-0.1, -0.05) is 34.1 Å². The van der Waals surface area contributed by atoms with Gasteiger partial charge < -0.3 is 10.1 Å². The van der Waals surface area contributed by atoms with Crippen LogP contribution in [0.2, 0.25) is 0 Å². The van der Waals surface area contributed by atoms with Gasteiger partial charge in [0.05, 0.1) is 13.2 Å². The summed E-state index contributed by atoms with van der Waals surface area (Å²) in [5, 5.41) is 12.8. The first-order chi connectivity index (χ1) is 10.0. The van der Waals surface area contributed by atoms with Gasteiger partial charge in [0.2, 0.25) is 0 Å². The lowest BCUT2D eigenvalue weighted by Gasteiger charge is -2.25. The molecule has 1 N–H and O–H groups in total. The van der Waals surface area contributed by atoms with E-state index in [0.29, 0.717) is 6.42 Å². The van der Waals surface area contributed by atoms with Gasteiger partial charge in [0.1, 0.15) is 11.3 Å². The minimum absolute atomic E-state index is 0.611. The number of methoxy groups -OCH3 is 1. The van der Waals surface area contributed by atoms with E-state index in [1.54, 1.807) is 7.11 Å². The van der Waals surface area contributed by atoms with Crippen molar-refractivity contribution >= 4 is 21.6 Å². The smallest absolute Gasteiger partial charge is 0.126 e. The number of nitriles is 1. The zero-order valence-electron chi connectivity index (χ0n) is 12.1. The standard InChI is InChI=1S/C17H17BrN2O/c1-17(12-19,20-15-5-3-4-14(18)10-15)11-13-6-8-16(21-2)9-7-13/h3-10,20H,11H2,1-2H3. The van der Waals surface area contributed by atoms with Gasteiger partial charge >= 0.3 is 0 Å². The van der Waals surface area contributed by atoms with E-state index >= 15 is 0 Å². The molecule has 0 bridgehead atoms. The molecular formula is C17H17BrN2O. The first-order valence-corrected chi connectivity index (χ1v) is 7.42. The average molecular weight is 345 g/mol. The molecule has 108 valence electrons. The van der Waals surface area contributed by atoms with Crippen LogP contribution in [-0.2, 0) is 6.42 Å². The van der Waals surface area contributed by atoms with Crippen molar-refractivity contribution in [1.82, 2.24) is 0 Å². The summed E-state index contributed by atoms with van der Waals surface area (Å²) in [6, 6.07) is 18.0. The Kier molecular flexibility index (Phi) is 4.87. The molecule has 0 aliphatic heterocycles. The van der Waals surface area contributed by atoms with Crippen LogP contribution >= 0.6 is 15.9 Å². The van der Waals surface area contributed by atoms with Crippen molar-refractivity contribution in [1.29, 1.82) is 5.26 Å². The Balaban J connectivity index is 2.15. The number of hydrogen-bond donors (Lipinski definition) is 1. The molecule has 1 atom stereocenters. The van der Waals surface area contributed by atoms with Crippen molar-refractivity contribution in [2.75, 3.05) is 12.4 Å². The van der Waals surface area contributed by atoms with Gasteiger partial charge in [-0.15, -0.1) is 0 Å². The van der Waals surface area contributed by atoms with Crippen molar-refractivity contribution in [3.05, 3.63) is 58.6 Å². The first kappa shape index (κ1) is 15.4. The molecule has 0 aromatic heterocycles. The molecule has 0 saturated carbocycles. The maximum absolute atomic E-state index is 9.53. The molecule has 0 saturated heterocycles. The summed E-state index contributed by atoms with van der Waals surface area (Å²) in [5.41, 5.74) is 1.33. The summed E-state index contributed by atoms with van der Waals surface area (Å²) in [6.07, 6.45) is 0.611. The number of rotatable bonds is 5. The fourth-order valence-corrected chi connectivity index (χ4v) is 2.55. The maximum Gasteiger partial charge on any atom is 0.126 e. The van der Waals surface area contributed by atoms with E-state index in [-0.39, 0.29) is 0 Å². The van der Waals surface area contributed by atoms with E-state index in [1.165, 1.54) is 0 Å². The predicted molar refractivity (Wildman–Crippen MR) is 88.5 cm³/mol. The van der Waals surface area contributed by atoms with Gasteiger partial charge in [-0.2, -0.15) is 5.26 Å². The van der Waals surface area contributed by atoms with E-state index in [2.05, 4.69) is 27.3 Å². The topological polar surface area (TPSA) is 45.0 Å². The van der Waals surface area contributed by atoms with E-state index in [1.807, 2.05) is 55.5 Å². The van der Waals surface area contributed by atoms with Crippen LogP contribution in [0.5, 0.6) is 5.75 Å². The van der Waals surface area contributed by atoms with Crippen molar-refractivity contribution in [3.8, 4) is 11.8 Å². The third-order valence-electron chi connectivity index (χ3n) is 3.21. The third-order valence-corrected chi connectivity index (χ3v) is 3.70. The lowest BCUT2D eigenvalue weighted by Crippen LogP contribution is -2.35. The van der Waals surface area contributed by atoms with Crippen LogP contribution in [0.4, 0.5) is 5.69 Å². The van der Waals surface area contributed by atoms with Crippen LogP contribution in [0.25, 0.3) is 0 Å². The molecule has 21 heavy (non-hydrogen) atoms. The molecule has 2 aromatic rings. The molecule has 0 amide bonds. The van der Waals surface area contributed by atoms with Gasteiger partial charge in [0, 0.05) is 16.6 Å². The Hall–Kier alpha value is -1.99. The van der Waals surface area contributed by atoms with Crippen LogP contribution in [0, 0.1) is 11.3 Å². The number of benzene rings is 2. The lowest BCUT2D eigenvalue weighted by molar-refractivity contribution is 0.414. The lowest BCUT2D eigenvalue weighted by atomic mass is 9.94. The molecule has 0 heterocycles. The highest BCUT2D eigenvalue weighted by Crippen LogP contribution is 2.23. The number of anilines is 1. The van der Waals surface area contributed by atoms with E-state index < -0.39 is 5.54 Å². The minimum atomic E-state index is -0.671. The molecule has 2 aromatic carbocycles. The predicted octanol–water partition coefficient (Wildman–Crippen LogP) is 4.39. The summed E-state index contributed by atoms with van der Waals surface area (Å²) in [5.74, 6) is 0.817. The number of nitrogens with one attached hydrogen (secondary N) is 1. The minimum Gasteiger partial charge on any atom is -0.497 e. The van der Waals surface area contributed by atoms with Crippen molar-refractivity contribution in [2.24, 2.45) is 0 Å². The molecule has 0 spiro atoms. The number of ether oxygens (including phenoxy) is 1. The van der Waals surface area contributed by atoms with Gasteiger partial charge in [0.15, 0.2) is 0 Å². The second-order valence-corrected chi connectivity index (χ2v) is 6.02. The van der Waals surface area contributed by atoms with Crippen LogP contribution in [0.3, 0.4) is 0 Å². The fraction of sp³-hybridized carbons (Fsp3) is 0.235. The Labute approximate surface area is 133 Å². The summed E-state index contributed by atoms with van der Waals surface area (Å²) < 4.78 is 6.13. The molecule has 0 aliphatic rings. The zero-order valence-corrected chi connectivity index (χ0v) is 13.6. The van der Waals surface area contributed by atoms with Crippen LogP contribution in [-0.4, -0.2) is 12.6 Å². The third kappa shape index (κ3) is 4.24. The monoisotopic (exact) mass is 344 g/mol. The molecule has 0 radical (unpaired) electrons. The fourth-order valence-electron chi connectivity index (χ4n) is 2.15. The normalized spacial score (nSPS) is 13.0. The van der Waals surface area contributed by atoms with Crippen molar-refractivity contribution in [3.63, 3.8) is 0 Å². The molecule has 1 unspecified atom stereocenters. The van der Waals surface area contributed by atoms with Crippen molar-refractivity contribution < 1.29 is 4.74 Å². The summed E-state index contributed by atoms with van der Waals surface area (Å²) in [4.78, 5) is 0. The second kappa shape index (κ2) is 6.64. The summed E-state index contributed by atoms with van der Waals surface area (Å²) in [7, 11) is 1.64. The SMILES string of the molecule is COc1ccc(CC(C)(C#N)Nc2cccc(Br)c2)cc1. The van der Waals surface area contributed by atoms with E-state index in [9.17, 15) is 5.26 Å². The zero-order chi connectivity index (χ0) is 15.3. The molecule has 0 aliphatic carbocycles. The highest BCUT2D eigenvalue weighted by atomic mass is 79.9. The van der Waals surface area contributed by atoms with Gasteiger partial charge in [0.25, 0.3) is 0 Å². The molecular weight excluding hydrogens is 328 g/mol. The summed E-state index contributed by atoms with van der Waals surface area (Å²) in [6.45, 7) is 1.90. The van der Waals surface area contributed by atoms with Gasteiger partial charge in [-0.25, -0.2) is 0 Å². The van der Waals surface area contributed by atoms with E-state index in [4.69, 9.17) is 4.74 Å². The molecule has 3 nitrogen and oxygen atoms in total. The summed E-state index contributed by atoms with van der Waals surface area (Å²) >= 11 is 3.44. The van der Waals surface area contributed by atoms with Crippen LogP contribution in [0.1, 0.15) is 12.5 Å². The largest absolute Gasteiger partial charge is 0.497 e. The number of hydrogen-bond acceptors (Lipinski definition) is 3. The average Bonchev–Trinajstić information content (AvgIpc) is 2.48. The van der Waals surface area contributed by atoms with Gasteiger partial charge in [-0.05, 0) is 42.8 Å². The molecule has 4 heteroatoms. The van der Waals surface area contributed by atoms with E-state index in [0.717, 1.165) is 21.5 Å². The second-order valence-electron chi connectivity index (χ2n) is 5.10. The first-order valence-electron chi connectivity index (χ1n) is 6.62. The quantitative estimate of drug-likeness (QED) is 0.874. The Morgan fingerprint density at radius 3 is 2.52 bits per heavy atom. The van der Waals surface area contributed by atoms with Crippen LogP contribution < -0.4 is 10.1 Å². The maximum atomic E-state index is 9.53. The Morgan fingerprint density at radius 1 is 1.24 bits per heavy atom. The van der Waals surface area contributed by atoms with Crippen molar-refractivity contribution in [2.45, 2.75) is 18.9 Å². The van der Waals surface area contributed by atoms with Gasteiger partial charge in [-0.3, -0.25) is 0 Å². The highest BCUT2D eigenvalue weighted by Gasteiger charge is 2.24. The van der Waals surface area contributed by atoms with Crippen LogP contribution in [0.15, 0.2) is 53.0 Å². The molecule has 0 fully saturated rings.